The lowest BCUT2D eigenvalue weighted by atomic mass is 9.97. The Morgan fingerprint density at radius 3 is 2.75 bits per heavy atom. The summed E-state index contributed by atoms with van der Waals surface area (Å²) in [5.74, 6) is -1.64. The average Bonchev–Trinajstić information content (AvgIpc) is 3.26. The van der Waals surface area contributed by atoms with E-state index in [1.807, 2.05) is 0 Å². The van der Waals surface area contributed by atoms with Crippen molar-refractivity contribution in [1.82, 2.24) is 14.8 Å². The molecule has 2 N–H and O–H groups in total. The zero-order valence-corrected chi connectivity index (χ0v) is 16.4. The number of carbonyl (C=O) groups is 1. The molecule has 2 aromatic rings. The summed E-state index contributed by atoms with van der Waals surface area (Å²) in [4.78, 5) is 21.3. The predicted molar refractivity (Wildman–Crippen MR) is 104 cm³/mol. The normalized spacial score (nSPS) is 24.1. The molecule has 1 amide bonds. The molecule has 6 nitrogen and oxygen atoms in total. The van der Waals surface area contributed by atoms with Gasteiger partial charge in [-0.05, 0) is 31.9 Å². The van der Waals surface area contributed by atoms with Crippen LogP contribution in [0.3, 0.4) is 0 Å². The summed E-state index contributed by atoms with van der Waals surface area (Å²) in [6, 6.07) is 2.02. The Balaban J connectivity index is 1.33. The first kappa shape index (κ1) is 19.6. The number of β-amino-alcohol motifs (C(OH)–C–C–N with tert-alkyl or cyclic N) is 1. The van der Waals surface area contributed by atoms with Crippen molar-refractivity contribution in [3.63, 3.8) is 0 Å². The van der Waals surface area contributed by atoms with Gasteiger partial charge >= 0.3 is 0 Å². The van der Waals surface area contributed by atoms with Gasteiger partial charge in [-0.15, -0.1) is 0 Å². The van der Waals surface area contributed by atoms with Gasteiger partial charge in [-0.2, -0.15) is 0 Å². The molecular weight excluding hydrogens is 386 g/mol. The maximum absolute atomic E-state index is 13.8. The Morgan fingerprint density at radius 2 is 2.00 bits per heavy atom. The SMILES string of the molecule is O=C(Nc1nc2c(F)cc(F)cc2s1)C1CCCN(CCN2CCC(O)C2)C1. The molecule has 4 rings (SSSR count). The van der Waals surface area contributed by atoms with Gasteiger partial charge in [-0.3, -0.25) is 9.69 Å². The van der Waals surface area contributed by atoms with E-state index in [-0.39, 0.29) is 23.4 Å². The van der Waals surface area contributed by atoms with Gasteiger partial charge in [0.15, 0.2) is 10.9 Å². The first-order valence-electron chi connectivity index (χ1n) is 9.67. The number of piperidine rings is 1. The smallest absolute Gasteiger partial charge is 0.230 e. The molecule has 2 atom stereocenters. The monoisotopic (exact) mass is 410 g/mol. The van der Waals surface area contributed by atoms with Crippen molar-refractivity contribution in [3.05, 3.63) is 23.8 Å². The molecule has 1 aromatic heterocycles. The molecule has 0 radical (unpaired) electrons. The first-order valence-corrected chi connectivity index (χ1v) is 10.5. The van der Waals surface area contributed by atoms with Crippen LogP contribution in [0.2, 0.25) is 0 Å². The third kappa shape index (κ3) is 4.48. The summed E-state index contributed by atoms with van der Waals surface area (Å²) >= 11 is 1.08. The molecule has 152 valence electrons. The van der Waals surface area contributed by atoms with Crippen LogP contribution in [-0.4, -0.2) is 71.2 Å². The minimum atomic E-state index is -0.720. The lowest BCUT2D eigenvalue weighted by molar-refractivity contribution is -0.121. The van der Waals surface area contributed by atoms with E-state index in [4.69, 9.17) is 0 Å². The van der Waals surface area contributed by atoms with Crippen LogP contribution in [0.15, 0.2) is 12.1 Å². The molecule has 3 heterocycles. The van der Waals surface area contributed by atoms with E-state index in [0.717, 1.165) is 69.4 Å². The number of hydrogen-bond acceptors (Lipinski definition) is 6. The van der Waals surface area contributed by atoms with Gasteiger partial charge < -0.3 is 15.3 Å². The summed E-state index contributed by atoms with van der Waals surface area (Å²) < 4.78 is 27.5. The van der Waals surface area contributed by atoms with Crippen molar-refractivity contribution in [2.24, 2.45) is 5.92 Å². The summed E-state index contributed by atoms with van der Waals surface area (Å²) in [7, 11) is 0. The van der Waals surface area contributed by atoms with Crippen molar-refractivity contribution in [1.29, 1.82) is 0 Å². The minimum absolute atomic E-state index is 0.0831. The third-order valence-corrected chi connectivity index (χ3v) is 6.42. The average molecular weight is 410 g/mol. The highest BCUT2D eigenvalue weighted by Crippen LogP contribution is 2.29. The molecule has 9 heteroatoms. The zero-order chi connectivity index (χ0) is 19.7. The standard InChI is InChI=1S/C19H24F2N4O2S/c20-13-8-15(21)17-16(9-13)28-19(22-17)23-18(27)12-2-1-4-24(10-12)6-7-25-5-3-14(26)11-25/h8-9,12,14,26H,1-7,10-11H2,(H,22,23,27). The van der Waals surface area contributed by atoms with Crippen molar-refractivity contribution >= 4 is 32.6 Å². The third-order valence-electron chi connectivity index (χ3n) is 5.50. The maximum Gasteiger partial charge on any atom is 0.230 e. The largest absolute Gasteiger partial charge is 0.392 e. The lowest BCUT2D eigenvalue weighted by Gasteiger charge is -2.32. The number of aliphatic hydroxyl groups is 1. The number of nitrogens with one attached hydrogen (secondary N) is 1. The molecule has 0 saturated carbocycles. The Bertz CT molecular complexity index is 862. The Labute approximate surface area is 166 Å². The van der Waals surface area contributed by atoms with Gasteiger partial charge in [0.05, 0.1) is 16.7 Å². The quantitative estimate of drug-likeness (QED) is 0.792. The Morgan fingerprint density at radius 1 is 1.21 bits per heavy atom. The number of carbonyl (C=O) groups excluding carboxylic acids is 1. The highest BCUT2D eigenvalue weighted by atomic mass is 32.1. The summed E-state index contributed by atoms with van der Waals surface area (Å²) in [6.07, 6.45) is 2.36. The van der Waals surface area contributed by atoms with E-state index >= 15 is 0 Å². The second kappa shape index (κ2) is 8.36. The van der Waals surface area contributed by atoms with Crippen molar-refractivity contribution < 1.29 is 18.7 Å². The molecule has 28 heavy (non-hydrogen) atoms. The van der Waals surface area contributed by atoms with Crippen LogP contribution in [0, 0.1) is 17.6 Å². The fraction of sp³-hybridized carbons (Fsp3) is 0.579. The number of rotatable bonds is 5. The Kier molecular flexibility index (Phi) is 5.86. The zero-order valence-electron chi connectivity index (χ0n) is 15.5. The number of aliphatic hydroxyl groups excluding tert-OH is 1. The van der Waals surface area contributed by atoms with E-state index < -0.39 is 11.6 Å². The van der Waals surface area contributed by atoms with Crippen LogP contribution < -0.4 is 5.32 Å². The van der Waals surface area contributed by atoms with E-state index in [2.05, 4.69) is 20.1 Å². The molecule has 1 aromatic carbocycles. The molecule has 2 aliphatic heterocycles. The van der Waals surface area contributed by atoms with E-state index in [0.29, 0.717) is 16.4 Å². The topological polar surface area (TPSA) is 68.7 Å². The number of likely N-dealkylation sites (tertiary alicyclic amines) is 2. The molecule has 2 unspecified atom stereocenters. The highest BCUT2D eigenvalue weighted by Gasteiger charge is 2.27. The van der Waals surface area contributed by atoms with Gasteiger partial charge in [0.2, 0.25) is 5.91 Å². The summed E-state index contributed by atoms with van der Waals surface area (Å²) in [5.41, 5.74) is 0.0831. The molecular formula is C19H24F2N4O2S. The van der Waals surface area contributed by atoms with Gasteiger partial charge in [-0.1, -0.05) is 11.3 Å². The van der Waals surface area contributed by atoms with Gasteiger partial charge in [0.25, 0.3) is 0 Å². The van der Waals surface area contributed by atoms with Gasteiger partial charge in [0, 0.05) is 38.8 Å². The summed E-state index contributed by atoms with van der Waals surface area (Å²) in [6.45, 7) is 5.07. The fourth-order valence-corrected chi connectivity index (χ4v) is 4.90. The number of halogens is 2. The number of nitrogens with zero attached hydrogens (tertiary/aromatic N) is 3. The van der Waals surface area contributed by atoms with Crippen molar-refractivity contribution in [2.45, 2.75) is 25.4 Å². The number of anilines is 1. The number of aromatic nitrogens is 1. The van der Waals surface area contributed by atoms with Crippen LogP contribution in [0.25, 0.3) is 10.2 Å². The minimum Gasteiger partial charge on any atom is -0.392 e. The van der Waals surface area contributed by atoms with Gasteiger partial charge in [-0.25, -0.2) is 13.8 Å². The van der Waals surface area contributed by atoms with Crippen LogP contribution in [0.1, 0.15) is 19.3 Å². The fourth-order valence-electron chi connectivity index (χ4n) is 3.99. The molecule has 0 spiro atoms. The molecule has 2 fully saturated rings. The number of hydrogen-bond donors (Lipinski definition) is 2. The molecule has 2 aliphatic rings. The molecule has 0 aliphatic carbocycles. The van der Waals surface area contributed by atoms with Crippen molar-refractivity contribution in [3.8, 4) is 0 Å². The molecule has 0 bridgehead atoms. The Hall–Kier alpha value is -1.68. The van der Waals surface area contributed by atoms with Crippen molar-refractivity contribution in [2.75, 3.05) is 44.6 Å². The second-order valence-corrected chi connectivity index (χ2v) is 8.66. The van der Waals surface area contributed by atoms with E-state index in [1.54, 1.807) is 0 Å². The lowest BCUT2D eigenvalue weighted by Crippen LogP contribution is -2.43. The van der Waals surface area contributed by atoms with Crippen LogP contribution in [0.4, 0.5) is 13.9 Å². The number of fused-ring (bicyclic) bond motifs is 1. The second-order valence-electron chi connectivity index (χ2n) is 7.63. The molecule has 2 saturated heterocycles. The maximum atomic E-state index is 13.8. The van der Waals surface area contributed by atoms with Crippen LogP contribution in [0.5, 0.6) is 0 Å². The number of amides is 1. The number of benzene rings is 1. The van der Waals surface area contributed by atoms with E-state index in [9.17, 15) is 18.7 Å². The van der Waals surface area contributed by atoms with Crippen LogP contribution >= 0.6 is 11.3 Å². The van der Waals surface area contributed by atoms with E-state index in [1.165, 1.54) is 6.07 Å². The first-order chi connectivity index (χ1) is 13.5. The van der Waals surface area contributed by atoms with Crippen LogP contribution in [-0.2, 0) is 4.79 Å². The summed E-state index contributed by atoms with van der Waals surface area (Å²) in [5, 5.41) is 12.7. The van der Waals surface area contributed by atoms with Gasteiger partial charge in [0.1, 0.15) is 11.3 Å². The highest BCUT2D eigenvalue weighted by molar-refractivity contribution is 7.22. The number of thiazole rings is 1. The predicted octanol–water partition coefficient (Wildman–Crippen LogP) is 2.29.